The van der Waals surface area contributed by atoms with Crippen molar-refractivity contribution in [2.45, 2.75) is 58.3 Å². The van der Waals surface area contributed by atoms with Gasteiger partial charge in [-0.05, 0) is 43.9 Å². The molecule has 3 heterocycles. The van der Waals surface area contributed by atoms with E-state index in [1.807, 2.05) is 23.1 Å². The van der Waals surface area contributed by atoms with E-state index >= 15 is 0 Å². The van der Waals surface area contributed by atoms with Crippen molar-refractivity contribution in [3.8, 4) is 0 Å². The fraction of sp³-hybridized carbons (Fsp3) is 0.682. The van der Waals surface area contributed by atoms with Gasteiger partial charge in [0, 0.05) is 32.4 Å². The lowest BCUT2D eigenvalue weighted by molar-refractivity contribution is -0.140. The summed E-state index contributed by atoms with van der Waals surface area (Å²) in [5.41, 5.74) is 0.927. The fourth-order valence-corrected chi connectivity index (χ4v) is 3.93. The lowest BCUT2D eigenvalue weighted by Gasteiger charge is -2.37. The Morgan fingerprint density at radius 1 is 1.28 bits per heavy atom. The molecule has 0 aromatic carbocycles. The van der Waals surface area contributed by atoms with Crippen LogP contribution in [0.3, 0.4) is 0 Å². The highest BCUT2D eigenvalue weighted by Crippen LogP contribution is 2.18. The number of nitrogens with one attached hydrogen (secondary N) is 1. The Kier molecular flexibility index (Phi) is 8.00. The van der Waals surface area contributed by atoms with Gasteiger partial charge in [0.15, 0.2) is 0 Å². The molecule has 0 bridgehead atoms. The number of nitrogens with zero attached hydrogens (tertiary/aromatic N) is 3. The third-order valence-electron chi connectivity index (χ3n) is 5.79. The number of likely N-dealkylation sites (tertiary alicyclic amines) is 1. The molecule has 7 heteroatoms. The van der Waals surface area contributed by atoms with Crippen molar-refractivity contribution in [2.75, 3.05) is 32.7 Å². The van der Waals surface area contributed by atoms with E-state index < -0.39 is 0 Å². The number of piperazine rings is 1. The van der Waals surface area contributed by atoms with Gasteiger partial charge < -0.3 is 15.0 Å². The smallest absolute Gasteiger partial charge is 0.237 e. The Morgan fingerprint density at radius 2 is 2.07 bits per heavy atom. The number of pyridine rings is 1. The summed E-state index contributed by atoms with van der Waals surface area (Å²) in [6.07, 6.45) is 4.88. The van der Waals surface area contributed by atoms with E-state index in [2.05, 4.69) is 29.0 Å². The first kappa shape index (κ1) is 21.7. The Labute approximate surface area is 173 Å². The van der Waals surface area contributed by atoms with Crippen LogP contribution >= 0.6 is 0 Å². The molecule has 2 aliphatic rings. The number of hydrogen-bond acceptors (Lipinski definition) is 5. The van der Waals surface area contributed by atoms with Crippen LogP contribution in [0.1, 0.15) is 45.2 Å². The zero-order valence-corrected chi connectivity index (χ0v) is 17.7. The predicted octanol–water partition coefficient (Wildman–Crippen LogP) is 1.83. The quantitative estimate of drug-likeness (QED) is 0.718. The van der Waals surface area contributed by atoms with Crippen molar-refractivity contribution in [3.05, 3.63) is 30.1 Å². The van der Waals surface area contributed by atoms with Crippen molar-refractivity contribution < 1.29 is 14.3 Å². The number of carbonyl (C=O) groups is 2. The lowest BCUT2D eigenvalue weighted by Crippen LogP contribution is -2.57. The molecule has 7 nitrogen and oxygen atoms in total. The van der Waals surface area contributed by atoms with Crippen molar-refractivity contribution >= 4 is 11.8 Å². The summed E-state index contributed by atoms with van der Waals surface area (Å²) in [7, 11) is 0. The fourth-order valence-electron chi connectivity index (χ4n) is 3.93. The Morgan fingerprint density at radius 3 is 2.76 bits per heavy atom. The van der Waals surface area contributed by atoms with E-state index in [1.165, 1.54) is 0 Å². The minimum atomic E-state index is -0.340. The lowest BCUT2D eigenvalue weighted by atomic mass is 10.0. The molecule has 0 spiro atoms. The minimum absolute atomic E-state index is 0.0121. The molecule has 0 radical (unpaired) electrons. The van der Waals surface area contributed by atoms with E-state index in [0.717, 1.165) is 38.0 Å². The largest absolute Gasteiger partial charge is 0.372 e. The maximum absolute atomic E-state index is 12.9. The second kappa shape index (κ2) is 10.7. The van der Waals surface area contributed by atoms with Crippen molar-refractivity contribution in [1.29, 1.82) is 0 Å². The van der Waals surface area contributed by atoms with Gasteiger partial charge in [-0.15, -0.1) is 0 Å². The monoisotopic (exact) mass is 402 g/mol. The van der Waals surface area contributed by atoms with Gasteiger partial charge in [-0.25, -0.2) is 0 Å². The number of rotatable bonds is 8. The molecule has 1 N–H and O–H groups in total. The molecule has 2 aliphatic heterocycles. The molecule has 2 amide bonds. The molecule has 3 rings (SSSR count). The zero-order valence-electron chi connectivity index (χ0n) is 17.7. The van der Waals surface area contributed by atoms with Crippen LogP contribution in [0.5, 0.6) is 0 Å². The molecule has 29 heavy (non-hydrogen) atoms. The first-order valence-electron chi connectivity index (χ1n) is 10.8. The normalized spacial score (nSPS) is 21.4. The molecule has 0 unspecified atom stereocenters. The Bertz CT molecular complexity index is 659. The molecule has 2 fully saturated rings. The van der Waals surface area contributed by atoms with E-state index in [0.29, 0.717) is 32.2 Å². The number of piperidine rings is 1. The van der Waals surface area contributed by atoms with Gasteiger partial charge >= 0.3 is 0 Å². The van der Waals surface area contributed by atoms with Gasteiger partial charge in [0.25, 0.3) is 0 Å². The molecule has 1 aromatic rings. The predicted molar refractivity (Wildman–Crippen MR) is 111 cm³/mol. The van der Waals surface area contributed by atoms with Crippen LogP contribution < -0.4 is 5.32 Å². The Balaban J connectivity index is 1.45. The first-order chi connectivity index (χ1) is 14.0. The number of hydrogen-bond donors (Lipinski definition) is 1. The summed E-state index contributed by atoms with van der Waals surface area (Å²) in [6, 6.07) is 5.47. The van der Waals surface area contributed by atoms with E-state index in [9.17, 15) is 9.59 Å². The number of amides is 2. The highest BCUT2D eigenvalue weighted by molar-refractivity contribution is 5.88. The summed E-state index contributed by atoms with van der Waals surface area (Å²) in [6.45, 7) is 8.60. The van der Waals surface area contributed by atoms with Gasteiger partial charge in [-0.3, -0.25) is 19.5 Å². The van der Waals surface area contributed by atoms with Crippen LogP contribution in [-0.4, -0.2) is 71.5 Å². The van der Waals surface area contributed by atoms with Gasteiger partial charge in [0.2, 0.25) is 11.8 Å². The number of ether oxygens (including phenoxy) is 1. The van der Waals surface area contributed by atoms with Crippen LogP contribution in [0.4, 0.5) is 0 Å². The van der Waals surface area contributed by atoms with Crippen molar-refractivity contribution in [2.24, 2.45) is 5.92 Å². The summed E-state index contributed by atoms with van der Waals surface area (Å²) < 4.78 is 5.96. The van der Waals surface area contributed by atoms with Gasteiger partial charge in [0.1, 0.15) is 0 Å². The molecular weight excluding hydrogens is 368 g/mol. The van der Waals surface area contributed by atoms with E-state index in [4.69, 9.17) is 4.74 Å². The highest BCUT2D eigenvalue weighted by atomic mass is 16.5. The molecule has 0 aliphatic carbocycles. The third-order valence-corrected chi connectivity index (χ3v) is 5.79. The SMILES string of the molecule is CC(C)CCN1CCNC(=O)[C@H]1CC(=O)N1CCC(OCc2ccccn2)CC1. The second-order valence-corrected chi connectivity index (χ2v) is 8.44. The molecular formula is C22H34N4O3. The molecule has 160 valence electrons. The summed E-state index contributed by atoms with van der Waals surface area (Å²) in [5.74, 6) is 0.646. The average Bonchev–Trinajstić information content (AvgIpc) is 2.73. The third kappa shape index (κ3) is 6.51. The summed E-state index contributed by atoms with van der Waals surface area (Å²) in [5, 5.41) is 2.92. The topological polar surface area (TPSA) is 74.8 Å². The van der Waals surface area contributed by atoms with Gasteiger partial charge in [0.05, 0.1) is 30.9 Å². The second-order valence-electron chi connectivity index (χ2n) is 8.44. The molecule has 0 saturated carbocycles. The van der Waals surface area contributed by atoms with Crippen LogP contribution in [-0.2, 0) is 20.9 Å². The average molecular weight is 403 g/mol. The maximum Gasteiger partial charge on any atom is 0.237 e. The number of aromatic nitrogens is 1. The maximum atomic E-state index is 12.9. The van der Waals surface area contributed by atoms with Crippen LogP contribution in [0, 0.1) is 5.92 Å². The van der Waals surface area contributed by atoms with Crippen LogP contribution in [0.2, 0.25) is 0 Å². The first-order valence-corrected chi connectivity index (χ1v) is 10.8. The number of carbonyl (C=O) groups excluding carboxylic acids is 2. The zero-order chi connectivity index (χ0) is 20.6. The molecule has 1 aromatic heterocycles. The molecule has 1 atom stereocenters. The van der Waals surface area contributed by atoms with Gasteiger partial charge in [-0.1, -0.05) is 19.9 Å². The van der Waals surface area contributed by atoms with Crippen molar-refractivity contribution in [1.82, 2.24) is 20.1 Å². The van der Waals surface area contributed by atoms with E-state index in [1.54, 1.807) is 6.20 Å². The van der Waals surface area contributed by atoms with Gasteiger partial charge in [-0.2, -0.15) is 0 Å². The van der Waals surface area contributed by atoms with E-state index in [-0.39, 0.29) is 30.4 Å². The van der Waals surface area contributed by atoms with Crippen molar-refractivity contribution in [3.63, 3.8) is 0 Å². The highest BCUT2D eigenvalue weighted by Gasteiger charge is 2.33. The molecule has 2 saturated heterocycles. The minimum Gasteiger partial charge on any atom is -0.372 e. The van der Waals surface area contributed by atoms with Crippen LogP contribution in [0.25, 0.3) is 0 Å². The summed E-state index contributed by atoms with van der Waals surface area (Å²) in [4.78, 5) is 33.6. The van der Waals surface area contributed by atoms with Crippen LogP contribution in [0.15, 0.2) is 24.4 Å². The standard InChI is InChI=1S/C22H34N4O3/c1-17(2)6-11-25-14-10-24-22(28)20(25)15-21(27)26-12-7-19(8-13-26)29-16-18-5-3-4-9-23-18/h3-5,9,17,19-20H,6-8,10-16H2,1-2H3,(H,24,28)/t20-/m1/s1. The Hall–Kier alpha value is -1.99. The summed E-state index contributed by atoms with van der Waals surface area (Å²) >= 11 is 0.